The lowest BCUT2D eigenvalue weighted by atomic mass is 9.94. The van der Waals surface area contributed by atoms with Crippen LogP contribution in [0.4, 0.5) is 0 Å². The molecule has 0 saturated carbocycles. The Bertz CT molecular complexity index is 3340. The molecule has 9 aromatic carbocycles. The highest BCUT2D eigenvalue weighted by Crippen LogP contribution is 2.42. The molecule has 0 saturated heterocycles. The largest absolute Gasteiger partial charge is 0.309 e. The molecule has 0 N–H and O–H groups in total. The van der Waals surface area contributed by atoms with E-state index in [9.17, 15) is 0 Å². The summed E-state index contributed by atoms with van der Waals surface area (Å²) in [6, 6.07) is 81.3. The minimum absolute atomic E-state index is 0.622. The van der Waals surface area contributed by atoms with Crippen molar-refractivity contribution in [2.24, 2.45) is 0 Å². The molecule has 0 radical (unpaired) electrons. The average Bonchev–Trinajstić information content (AvgIpc) is 3.69. The van der Waals surface area contributed by atoms with E-state index < -0.39 is 0 Å². The Morgan fingerprint density at radius 2 is 0.689 bits per heavy atom. The number of benzene rings is 9. The Balaban J connectivity index is 1.05. The molecule has 0 bridgehead atoms. The lowest BCUT2D eigenvalue weighted by molar-refractivity contribution is 1.07. The van der Waals surface area contributed by atoms with Gasteiger partial charge in [-0.15, -0.1) is 0 Å². The quantitative estimate of drug-likeness (QED) is 0.154. The first-order chi connectivity index (χ1) is 30.2. The Morgan fingerprint density at radius 3 is 1.30 bits per heavy atom. The highest BCUT2D eigenvalue weighted by Gasteiger charge is 2.19. The third kappa shape index (κ3) is 6.86. The summed E-state index contributed by atoms with van der Waals surface area (Å²) in [5.41, 5.74) is 15.4. The Hall–Kier alpha value is -8.21. The number of para-hydroxylation sites is 1. The van der Waals surface area contributed by atoms with Crippen molar-refractivity contribution < 1.29 is 0 Å². The van der Waals surface area contributed by atoms with Crippen molar-refractivity contribution in [2.45, 2.75) is 0 Å². The Labute approximate surface area is 354 Å². The number of hydrogen-bond acceptors (Lipinski definition) is 3. The van der Waals surface area contributed by atoms with Crippen LogP contribution in [0.2, 0.25) is 0 Å². The van der Waals surface area contributed by atoms with Gasteiger partial charge in [-0.1, -0.05) is 188 Å². The van der Waals surface area contributed by atoms with E-state index in [1.807, 2.05) is 36.4 Å². The van der Waals surface area contributed by atoms with Crippen molar-refractivity contribution in [3.8, 4) is 84.4 Å². The second-order valence-electron chi connectivity index (χ2n) is 15.3. The van der Waals surface area contributed by atoms with Crippen molar-refractivity contribution in [3.63, 3.8) is 0 Å². The topological polar surface area (TPSA) is 43.6 Å². The predicted octanol–water partition coefficient (Wildman–Crippen LogP) is 14.6. The second-order valence-corrected chi connectivity index (χ2v) is 15.3. The molecule has 0 aliphatic rings. The van der Waals surface area contributed by atoms with Crippen molar-refractivity contribution in [1.82, 2.24) is 19.5 Å². The van der Waals surface area contributed by atoms with Gasteiger partial charge in [0, 0.05) is 33.2 Å². The van der Waals surface area contributed by atoms with Gasteiger partial charge in [0.1, 0.15) is 0 Å². The zero-order valence-electron chi connectivity index (χ0n) is 33.2. The highest BCUT2D eigenvalue weighted by molar-refractivity contribution is 6.17. The predicted molar refractivity (Wildman–Crippen MR) is 252 cm³/mol. The summed E-state index contributed by atoms with van der Waals surface area (Å²) in [5.74, 6) is 1.88. The van der Waals surface area contributed by atoms with Gasteiger partial charge in [0.2, 0.25) is 0 Å². The molecule has 61 heavy (non-hydrogen) atoms. The monoisotopic (exact) mass is 778 g/mol. The molecule has 11 rings (SSSR count). The van der Waals surface area contributed by atoms with E-state index in [0.29, 0.717) is 17.5 Å². The van der Waals surface area contributed by atoms with Crippen LogP contribution in [0.15, 0.2) is 231 Å². The first kappa shape index (κ1) is 35.9. The van der Waals surface area contributed by atoms with Crippen LogP contribution >= 0.6 is 0 Å². The molecule has 0 fully saturated rings. The average molecular weight is 779 g/mol. The van der Waals surface area contributed by atoms with Crippen LogP contribution in [0.25, 0.3) is 106 Å². The van der Waals surface area contributed by atoms with E-state index in [0.717, 1.165) is 55.7 Å². The first-order valence-corrected chi connectivity index (χ1v) is 20.6. The van der Waals surface area contributed by atoms with Gasteiger partial charge in [0.15, 0.2) is 17.5 Å². The lowest BCUT2D eigenvalue weighted by Gasteiger charge is -2.14. The third-order valence-corrected chi connectivity index (χ3v) is 11.4. The van der Waals surface area contributed by atoms with Gasteiger partial charge in [-0.25, -0.2) is 15.0 Å². The fourth-order valence-electron chi connectivity index (χ4n) is 8.50. The number of aromatic nitrogens is 4. The van der Waals surface area contributed by atoms with Crippen LogP contribution in [0.3, 0.4) is 0 Å². The highest BCUT2D eigenvalue weighted by atomic mass is 15.0. The molecule has 0 amide bonds. The summed E-state index contributed by atoms with van der Waals surface area (Å²) in [4.78, 5) is 15.2. The van der Waals surface area contributed by atoms with Crippen LogP contribution in [0.5, 0.6) is 0 Å². The van der Waals surface area contributed by atoms with E-state index in [1.54, 1.807) is 0 Å². The SMILES string of the molecule is c1ccc(-c2cccc(-c3nc(-c4ccccc4)nc(-c4cccc(-c5cccc(-n6c7ccccc7c7c(-c8ccccc8)cc(-c8ccccc8)cc76)c5)c4)n3)c2)cc1. The molecule has 2 aromatic heterocycles. The summed E-state index contributed by atoms with van der Waals surface area (Å²) in [6.07, 6.45) is 0. The minimum atomic E-state index is 0.622. The summed E-state index contributed by atoms with van der Waals surface area (Å²) in [5, 5.41) is 2.46. The van der Waals surface area contributed by atoms with E-state index in [4.69, 9.17) is 15.0 Å². The third-order valence-electron chi connectivity index (χ3n) is 11.4. The van der Waals surface area contributed by atoms with E-state index in [-0.39, 0.29) is 0 Å². The van der Waals surface area contributed by atoms with Gasteiger partial charge in [-0.3, -0.25) is 0 Å². The summed E-state index contributed by atoms with van der Waals surface area (Å²) < 4.78 is 2.42. The van der Waals surface area contributed by atoms with Gasteiger partial charge in [-0.2, -0.15) is 0 Å². The maximum atomic E-state index is 5.14. The molecule has 4 heteroatoms. The van der Waals surface area contributed by atoms with Crippen molar-refractivity contribution in [3.05, 3.63) is 231 Å². The molecule has 0 aliphatic carbocycles. The molecule has 0 unspecified atom stereocenters. The first-order valence-electron chi connectivity index (χ1n) is 20.6. The zero-order chi connectivity index (χ0) is 40.5. The Morgan fingerprint density at radius 1 is 0.262 bits per heavy atom. The number of fused-ring (bicyclic) bond motifs is 3. The summed E-state index contributed by atoms with van der Waals surface area (Å²) in [6.45, 7) is 0. The standard InChI is InChI=1S/C57H38N4/c1-5-18-39(19-6-1)43-26-15-29-46(34-43)56-58-55(42-24-11-4-12-25-42)59-57(60-56)47-30-16-27-44(35-47)45-28-17-31-49(36-45)61-52-33-14-13-32-50(52)54-51(41-22-9-3-10-23-41)37-48(38-53(54)61)40-20-7-2-8-21-40/h1-38H. The van der Waals surface area contributed by atoms with Crippen LogP contribution in [0, 0.1) is 0 Å². The summed E-state index contributed by atoms with van der Waals surface area (Å²) in [7, 11) is 0. The summed E-state index contributed by atoms with van der Waals surface area (Å²) >= 11 is 0. The molecule has 0 spiro atoms. The van der Waals surface area contributed by atoms with Gasteiger partial charge in [-0.05, 0) is 87.0 Å². The zero-order valence-corrected chi connectivity index (χ0v) is 33.2. The van der Waals surface area contributed by atoms with Crippen LogP contribution in [-0.4, -0.2) is 19.5 Å². The lowest BCUT2D eigenvalue weighted by Crippen LogP contribution is -2.00. The second kappa shape index (κ2) is 15.5. The number of rotatable bonds is 8. The minimum Gasteiger partial charge on any atom is -0.309 e. The Kier molecular flexibility index (Phi) is 9.14. The normalized spacial score (nSPS) is 11.3. The van der Waals surface area contributed by atoms with E-state index >= 15 is 0 Å². The molecular weight excluding hydrogens is 741 g/mol. The van der Waals surface area contributed by atoms with Gasteiger partial charge < -0.3 is 4.57 Å². The fraction of sp³-hybridized carbons (Fsp3) is 0. The van der Waals surface area contributed by atoms with Crippen molar-refractivity contribution in [1.29, 1.82) is 0 Å². The molecule has 0 aliphatic heterocycles. The maximum Gasteiger partial charge on any atom is 0.164 e. The number of hydrogen-bond donors (Lipinski definition) is 0. The van der Waals surface area contributed by atoms with Gasteiger partial charge in [0.05, 0.1) is 11.0 Å². The molecular formula is C57H38N4. The van der Waals surface area contributed by atoms with Crippen LogP contribution in [0.1, 0.15) is 0 Å². The molecule has 2 heterocycles. The van der Waals surface area contributed by atoms with Crippen LogP contribution in [-0.2, 0) is 0 Å². The molecule has 11 aromatic rings. The molecule has 286 valence electrons. The smallest absolute Gasteiger partial charge is 0.164 e. The van der Waals surface area contributed by atoms with Crippen LogP contribution < -0.4 is 0 Å². The molecule has 0 atom stereocenters. The molecule has 4 nitrogen and oxygen atoms in total. The van der Waals surface area contributed by atoms with E-state index in [1.165, 1.54) is 33.0 Å². The van der Waals surface area contributed by atoms with Crippen molar-refractivity contribution in [2.75, 3.05) is 0 Å². The van der Waals surface area contributed by atoms with Gasteiger partial charge >= 0.3 is 0 Å². The fourth-order valence-corrected chi connectivity index (χ4v) is 8.50. The maximum absolute atomic E-state index is 5.14. The number of nitrogens with zero attached hydrogens (tertiary/aromatic N) is 4. The van der Waals surface area contributed by atoms with Gasteiger partial charge in [0.25, 0.3) is 0 Å². The van der Waals surface area contributed by atoms with Crippen molar-refractivity contribution >= 4 is 21.8 Å². The van der Waals surface area contributed by atoms with E-state index in [2.05, 4.69) is 199 Å².